The Morgan fingerprint density at radius 1 is 1.03 bits per heavy atom. The summed E-state index contributed by atoms with van der Waals surface area (Å²) in [7, 11) is 2.45. The lowest BCUT2D eigenvalue weighted by Gasteiger charge is -2.31. The molecule has 162 valence electrons. The normalized spacial score (nSPS) is 13.1. The van der Waals surface area contributed by atoms with Crippen LogP contribution < -0.4 is 4.74 Å². The summed E-state index contributed by atoms with van der Waals surface area (Å²) in [6, 6.07) is 14.6. The van der Waals surface area contributed by atoms with Gasteiger partial charge in [-0.1, -0.05) is 50.2 Å². The van der Waals surface area contributed by atoms with Crippen molar-refractivity contribution in [2.24, 2.45) is 5.92 Å². The summed E-state index contributed by atoms with van der Waals surface area (Å²) in [5, 5.41) is 0. The van der Waals surface area contributed by atoms with Gasteiger partial charge in [-0.05, 0) is 35.3 Å². The van der Waals surface area contributed by atoms with Crippen molar-refractivity contribution in [1.29, 1.82) is 0 Å². The van der Waals surface area contributed by atoms with Gasteiger partial charge in [0.1, 0.15) is 10.6 Å². The van der Waals surface area contributed by atoms with Crippen LogP contribution in [-0.4, -0.2) is 51.8 Å². The lowest BCUT2D eigenvalue weighted by atomic mass is 9.94. The summed E-state index contributed by atoms with van der Waals surface area (Å²) in [4.78, 5) is 14.6. The Balaban J connectivity index is 2.31. The molecule has 0 aliphatic carbocycles. The summed E-state index contributed by atoms with van der Waals surface area (Å²) in [5.41, 5.74) is 1.67. The van der Waals surface area contributed by atoms with Crippen molar-refractivity contribution in [3.05, 3.63) is 65.7 Å². The molecule has 0 aliphatic heterocycles. The van der Waals surface area contributed by atoms with Gasteiger partial charge < -0.3 is 9.64 Å². The molecule has 2 aromatic carbocycles. The molecule has 1 atom stereocenters. The molecule has 0 fully saturated rings. The van der Waals surface area contributed by atoms with Crippen LogP contribution in [0.4, 0.5) is 0 Å². The number of hydrogen-bond acceptors (Lipinski definition) is 4. The SMILES string of the molecule is COc1ccc(/C=C/C(=O)N(C)C(c2ccccc2)C(C)C)cc1S(=O)(=O)N(C)C. The Bertz CT molecular complexity index is 999. The highest BCUT2D eigenvalue weighted by atomic mass is 32.2. The molecule has 30 heavy (non-hydrogen) atoms. The minimum Gasteiger partial charge on any atom is -0.495 e. The van der Waals surface area contributed by atoms with Crippen molar-refractivity contribution in [1.82, 2.24) is 9.21 Å². The fourth-order valence-electron chi connectivity index (χ4n) is 3.32. The van der Waals surface area contributed by atoms with Crippen LogP contribution in [0.5, 0.6) is 5.75 Å². The highest BCUT2D eigenvalue weighted by Gasteiger charge is 2.24. The van der Waals surface area contributed by atoms with E-state index in [1.54, 1.807) is 30.2 Å². The van der Waals surface area contributed by atoms with Gasteiger partial charge in [-0.15, -0.1) is 0 Å². The van der Waals surface area contributed by atoms with Gasteiger partial charge in [0, 0.05) is 27.2 Å². The second-order valence-corrected chi connectivity index (χ2v) is 9.70. The molecule has 0 saturated carbocycles. The maximum atomic E-state index is 12.8. The molecule has 6 nitrogen and oxygen atoms in total. The van der Waals surface area contributed by atoms with Gasteiger partial charge >= 0.3 is 0 Å². The number of hydrogen-bond donors (Lipinski definition) is 0. The molecule has 2 rings (SSSR count). The van der Waals surface area contributed by atoms with Crippen LogP contribution in [-0.2, 0) is 14.8 Å². The van der Waals surface area contributed by atoms with Crippen LogP contribution in [0.25, 0.3) is 6.08 Å². The van der Waals surface area contributed by atoms with Gasteiger partial charge in [0.25, 0.3) is 0 Å². The van der Waals surface area contributed by atoms with Crippen LogP contribution in [0.1, 0.15) is 31.0 Å². The Hall–Kier alpha value is -2.64. The van der Waals surface area contributed by atoms with E-state index in [2.05, 4.69) is 13.8 Å². The molecular weight excluding hydrogens is 400 g/mol. The fourth-order valence-corrected chi connectivity index (χ4v) is 4.41. The Morgan fingerprint density at radius 2 is 1.67 bits per heavy atom. The first-order valence-corrected chi connectivity index (χ1v) is 11.1. The lowest BCUT2D eigenvalue weighted by Crippen LogP contribution is -2.32. The summed E-state index contributed by atoms with van der Waals surface area (Å²) in [6.45, 7) is 4.15. The van der Waals surface area contributed by atoms with Gasteiger partial charge in [0.05, 0.1) is 13.2 Å². The number of carbonyl (C=O) groups is 1. The molecule has 0 aromatic heterocycles. The van der Waals surface area contributed by atoms with Crippen LogP contribution in [0.2, 0.25) is 0 Å². The van der Waals surface area contributed by atoms with E-state index in [0.717, 1.165) is 9.87 Å². The Morgan fingerprint density at radius 3 is 2.20 bits per heavy atom. The maximum Gasteiger partial charge on any atom is 0.246 e. The van der Waals surface area contributed by atoms with Crippen molar-refractivity contribution in [3.8, 4) is 5.75 Å². The zero-order valence-electron chi connectivity index (χ0n) is 18.4. The van der Waals surface area contributed by atoms with E-state index >= 15 is 0 Å². The molecule has 1 amide bonds. The summed E-state index contributed by atoms with van der Waals surface area (Å²) in [5.74, 6) is 0.325. The topological polar surface area (TPSA) is 66.9 Å². The molecule has 0 heterocycles. The predicted molar refractivity (Wildman–Crippen MR) is 120 cm³/mol. The number of ether oxygens (including phenoxy) is 1. The molecule has 0 bridgehead atoms. The van der Waals surface area contributed by atoms with Crippen LogP contribution in [0.15, 0.2) is 59.5 Å². The molecule has 0 aliphatic rings. The fraction of sp³-hybridized carbons (Fsp3) is 0.348. The second-order valence-electron chi connectivity index (χ2n) is 7.58. The molecule has 0 spiro atoms. The van der Waals surface area contributed by atoms with Gasteiger partial charge in [-0.25, -0.2) is 12.7 Å². The third-order valence-electron chi connectivity index (χ3n) is 4.90. The number of carbonyl (C=O) groups excluding carboxylic acids is 1. The predicted octanol–water partition coefficient (Wildman–Crippen LogP) is 3.81. The Kier molecular flexibility index (Phi) is 7.81. The van der Waals surface area contributed by atoms with Crippen LogP contribution in [0, 0.1) is 5.92 Å². The van der Waals surface area contributed by atoms with Crippen molar-refractivity contribution in [2.45, 2.75) is 24.8 Å². The van der Waals surface area contributed by atoms with E-state index in [9.17, 15) is 13.2 Å². The first kappa shape index (κ1) is 23.6. The monoisotopic (exact) mass is 430 g/mol. The van der Waals surface area contributed by atoms with Gasteiger partial charge in [0.15, 0.2) is 0 Å². The van der Waals surface area contributed by atoms with E-state index in [0.29, 0.717) is 5.56 Å². The molecule has 0 N–H and O–H groups in total. The number of benzene rings is 2. The largest absolute Gasteiger partial charge is 0.495 e. The quantitative estimate of drug-likeness (QED) is 0.597. The number of amides is 1. The molecular formula is C23H30N2O4S. The molecule has 0 radical (unpaired) electrons. The standard InChI is InChI=1S/C23H30N2O4S/c1-17(2)23(19-10-8-7-9-11-19)25(5)22(26)15-13-18-12-14-20(29-6)21(16-18)30(27,28)24(3)4/h7-17,23H,1-6H3/b15-13+. The molecule has 0 saturated heterocycles. The minimum atomic E-state index is -3.68. The lowest BCUT2D eigenvalue weighted by molar-refractivity contribution is -0.127. The van der Waals surface area contributed by atoms with Crippen LogP contribution >= 0.6 is 0 Å². The maximum absolute atomic E-state index is 12.8. The second kappa shape index (κ2) is 9.91. The summed E-state index contributed by atoms with van der Waals surface area (Å²) in [6.07, 6.45) is 3.08. The number of nitrogens with zero attached hydrogens (tertiary/aromatic N) is 2. The van der Waals surface area contributed by atoms with Crippen molar-refractivity contribution >= 4 is 22.0 Å². The summed E-state index contributed by atoms with van der Waals surface area (Å²) >= 11 is 0. The van der Waals surface area contributed by atoms with E-state index in [1.165, 1.54) is 33.3 Å². The van der Waals surface area contributed by atoms with E-state index in [1.807, 2.05) is 30.3 Å². The van der Waals surface area contributed by atoms with Crippen LogP contribution in [0.3, 0.4) is 0 Å². The molecule has 2 aromatic rings. The number of sulfonamides is 1. The van der Waals surface area contributed by atoms with Gasteiger partial charge in [0.2, 0.25) is 15.9 Å². The highest BCUT2D eigenvalue weighted by molar-refractivity contribution is 7.89. The zero-order valence-corrected chi connectivity index (χ0v) is 19.2. The third-order valence-corrected chi connectivity index (χ3v) is 6.74. The average Bonchev–Trinajstić information content (AvgIpc) is 2.72. The molecule has 1 unspecified atom stereocenters. The van der Waals surface area contributed by atoms with Gasteiger partial charge in [-0.3, -0.25) is 4.79 Å². The number of rotatable bonds is 8. The van der Waals surface area contributed by atoms with Crippen molar-refractivity contribution < 1.29 is 17.9 Å². The zero-order chi connectivity index (χ0) is 22.5. The summed E-state index contributed by atoms with van der Waals surface area (Å²) < 4.78 is 31.5. The number of methoxy groups -OCH3 is 1. The Labute approximate surface area is 179 Å². The average molecular weight is 431 g/mol. The number of likely N-dealkylation sites (N-methyl/N-ethyl adjacent to an activating group) is 1. The van der Waals surface area contributed by atoms with Crippen molar-refractivity contribution in [3.63, 3.8) is 0 Å². The first-order valence-electron chi connectivity index (χ1n) is 9.70. The highest BCUT2D eigenvalue weighted by Crippen LogP contribution is 2.29. The van der Waals surface area contributed by atoms with E-state index < -0.39 is 10.0 Å². The minimum absolute atomic E-state index is 0.0577. The smallest absolute Gasteiger partial charge is 0.246 e. The first-order chi connectivity index (χ1) is 14.1. The third kappa shape index (κ3) is 5.29. The van der Waals surface area contributed by atoms with E-state index in [-0.39, 0.29) is 28.5 Å². The van der Waals surface area contributed by atoms with E-state index in [4.69, 9.17) is 4.74 Å². The molecule has 7 heteroatoms. The van der Waals surface area contributed by atoms with Crippen molar-refractivity contribution in [2.75, 3.05) is 28.3 Å². The van der Waals surface area contributed by atoms with Gasteiger partial charge in [-0.2, -0.15) is 0 Å².